The molecular weight excluding hydrogens is 368 g/mol. The van der Waals surface area contributed by atoms with Crippen LogP contribution in [-0.4, -0.2) is 46.4 Å². The number of hydrogen-bond acceptors (Lipinski definition) is 5. The third-order valence-electron chi connectivity index (χ3n) is 4.05. The van der Waals surface area contributed by atoms with E-state index in [-0.39, 0.29) is 12.5 Å². The summed E-state index contributed by atoms with van der Waals surface area (Å²) in [4.78, 5) is 30.4. The van der Waals surface area contributed by atoms with Crippen LogP contribution in [0.2, 0.25) is 5.02 Å². The Balaban J connectivity index is 2.03. The molecule has 0 saturated carbocycles. The highest BCUT2D eigenvalue weighted by atomic mass is 35.5. The van der Waals surface area contributed by atoms with Crippen LogP contribution in [0.25, 0.3) is 12.2 Å². The van der Waals surface area contributed by atoms with E-state index < -0.39 is 0 Å². The van der Waals surface area contributed by atoms with Crippen molar-refractivity contribution in [2.75, 3.05) is 14.1 Å². The number of carbonyl (C=O) groups is 2. The van der Waals surface area contributed by atoms with Crippen LogP contribution in [0, 0.1) is 0 Å². The van der Waals surface area contributed by atoms with E-state index in [0.717, 1.165) is 5.56 Å². The molecule has 0 fully saturated rings. The van der Waals surface area contributed by atoms with E-state index in [1.807, 2.05) is 18.2 Å². The zero-order chi connectivity index (χ0) is 20.0. The Kier molecular flexibility index (Phi) is 6.90. The number of hydrogen-bond donors (Lipinski definition) is 0. The van der Waals surface area contributed by atoms with Crippen molar-refractivity contribution in [1.82, 2.24) is 19.9 Å². The van der Waals surface area contributed by atoms with Crippen LogP contribution in [0.3, 0.4) is 0 Å². The van der Waals surface area contributed by atoms with E-state index >= 15 is 0 Å². The second kappa shape index (κ2) is 9.14. The summed E-state index contributed by atoms with van der Waals surface area (Å²) in [5.41, 5.74) is 2.00. The second-order valence-corrected chi connectivity index (χ2v) is 6.46. The number of rotatable bonds is 7. The van der Waals surface area contributed by atoms with Crippen LogP contribution in [0.1, 0.15) is 31.1 Å². The third kappa shape index (κ3) is 5.52. The van der Waals surface area contributed by atoms with Crippen LogP contribution in [0.4, 0.5) is 0 Å². The SMILES string of the molecule is C/C(C(=O)N(C)Cc1nc(/C=C/c2ccc(Cl)cc2)no1)=C(\C)N(C)C=O. The Labute approximate surface area is 162 Å². The number of halogens is 1. The van der Waals surface area contributed by atoms with Crippen molar-refractivity contribution in [3.63, 3.8) is 0 Å². The van der Waals surface area contributed by atoms with Gasteiger partial charge in [-0.3, -0.25) is 9.59 Å². The molecule has 0 aliphatic heterocycles. The predicted octanol–water partition coefficient (Wildman–Crippen LogP) is 3.23. The average molecular weight is 389 g/mol. The van der Waals surface area contributed by atoms with Gasteiger partial charge in [-0.25, -0.2) is 0 Å². The summed E-state index contributed by atoms with van der Waals surface area (Å²) in [5, 5.41) is 4.55. The van der Waals surface area contributed by atoms with Crippen LogP contribution in [0.5, 0.6) is 0 Å². The van der Waals surface area contributed by atoms with Gasteiger partial charge in [0, 0.05) is 30.4 Å². The van der Waals surface area contributed by atoms with Gasteiger partial charge in [0.25, 0.3) is 5.91 Å². The molecule has 1 aromatic heterocycles. The van der Waals surface area contributed by atoms with Gasteiger partial charge >= 0.3 is 0 Å². The highest BCUT2D eigenvalue weighted by Gasteiger charge is 2.17. The Morgan fingerprint density at radius 1 is 1.19 bits per heavy atom. The van der Waals surface area contributed by atoms with Gasteiger partial charge in [0.1, 0.15) is 0 Å². The highest BCUT2D eigenvalue weighted by molar-refractivity contribution is 6.30. The lowest BCUT2D eigenvalue weighted by atomic mass is 10.2. The molecule has 0 aliphatic rings. The van der Waals surface area contributed by atoms with Crippen molar-refractivity contribution in [3.8, 4) is 0 Å². The summed E-state index contributed by atoms with van der Waals surface area (Å²) in [6, 6.07) is 7.34. The highest BCUT2D eigenvalue weighted by Crippen LogP contribution is 2.13. The quantitative estimate of drug-likeness (QED) is 0.537. The lowest BCUT2D eigenvalue weighted by Crippen LogP contribution is -2.29. The van der Waals surface area contributed by atoms with Crippen LogP contribution >= 0.6 is 11.6 Å². The van der Waals surface area contributed by atoms with E-state index in [1.54, 1.807) is 46.2 Å². The van der Waals surface area contributed by atoms with Gasteiger partial charge in [0.15, 0.2) is 5.82 Å². The van der Waals surface area contributed by atoms with Crippen LogP contribution in [0.15, 0.2) is 40.1 Å². The first kappa shape index (κ1) is 20.4. The number of aromatic nitrogens is 2. The number of nitrogens with zero attached hydrogens (tertiary/aromatic N) is 4. The summed E-state index contributed by atoms with van der Waals surface area (Å²) in [7, 11) is 3.23. The molecule has 1 aromatic carbocycles. The fourth-order valence-electron chi connectivity index (χ4n) is 2.20. The minimum absolute atomic E-state index is 0.163. The summed E-state index contributed by atoms with van der Waals surface area (Å²) >= 11 is 5.85. The fraction of sp³-hybridized carbons (Fsp3) is 0.263. The topological polar surface area (TPSA) is 79.5 Å². The molecule has 0 unspecified atom stereocenters. The summed E-state index contributed by atoms with van der Waals surface area (Å²) < 4.78 is 5.19. The lowest BCUT2D eigenvalue weighted by Gasteiger charge is -2.19. The molecular formula is C19H21ClN4O3. The molecule has 2 amide bonds. The van der Waals surface area contributed by atoms with Crippen molar-refractivity contribution in [3.05, 3.63) is 57.8 Å². The molecule has 0 aliphatic carbocycles. The van der Waals surface area contributed by atoms with E-state index in [0.29, 0.717) is 34.4 Å². The smallest absolute Gasteiger partial charge is 0.251 e. The number of amides is 2. The van der Waals surface area contributed by atoms with Gasteiger partial charge in [-0.1, -0.05) is 35.0 Å². The summed E-state index contributed by atoms with van der Waals surface area (Å²) in [6.45, 7) is 3.54. The minimum atomic E-state index is -0.224. The van der Waals surface area contributed by atoms with Crippen molar-refractivity contribution in [2.24, 2.45) is 0 Å². The summed E-state index contributed by atoms with van der Waals surface area (Å²) in [6.07, 6.45) is 4.21. The molecule has 0 atom stereocenters. The van der Waals surface area contributed by atoms with Gasteiger partial charge in [-0.15, -0.1) is 0 Å². The number of allylic oxidation sites excluding steroid dienone is 1. The van der Waals surface area contributed by atoms with Crippen molar-refractivity contribution in [1.29, 1.82) is 0 Å². The van der Waals surface area contributed by atoms with Gasteiger partial charge < -0.3 is 14.3 Å². The third-order valence-corrected chi connectivity index (χ3v) is 4.30. The van der Waals surface area contributed by atoms with Gasteiger partial charge in [0.05, 0.1) is 6.54 Å². The maximum atomic E-state index is 12.5. The van der Waals surface area contributed by atoms with Crippen LogP contribution in [-0.2, 0) is 16.1 Å². The van der Waals surface area contributed by atoms with Crippen molar-refractivity contribution in [2.45, 2.75) is 20.4 Å². The zero-order valence-corrected chi connectivity index (χ0v) is 16.4. The molecule has 0 saturated heterocycles. The average Bonchev–Trinajstić information content (AvgIpc) is 3.12. The van der Waals surface area contributed by atoms with Gasteiger partial charge in [-0.2, -0.15) is 4.98 Å². The van der Waals surface area contributed by atoms with E-state index in [4.69, 9.17) is 16.1 Å². The maximum absolute atomic E-state index is 12.5. The Morgan fingerprint density at radius 3 is 2.48 bits per heavy atom. The summed E-state index contributed by atoms with van der Waals surface area (Å²) in [5.74, 6) is 0.499. The lowest BCUT2D eigenvalue weighted by molar-refractivity contribution is -0.126. The second-order valence-electron chi connectivity index (χ2n) is 6.02. The number of benzene rings is 1. The minimum Gasteiger partial charge on any atom is -0.337 e. The Morgan fingerprint density at radius 2 is 1.85 bits per heavy atom. The van der Waals surface area contributed by atoms with Crippen molar-refractivity contribution >= 4 is 36.1 Å². The number of carbonyl (C=O) groups excluding carboxylic acids is 2. The molecule has 0 spiro atoms. The van der Waals surface area contributed by atoms with Gasteiger partial charge in [0.2, 0.25) is 12.3 Å². The van der Waals surface area contributed by atoms with E-state index in [2.05, 4.69) is 10.1 Å². The molecule has 0 N–H and O–H groups in total. The molecule has 8 heteroatoms. The van der Waals surface area contributed by atoms with E-state index in [9.17, 15) is 9.59 Å². The Bertz CT molecular complexity index is 871. The van der Waals surface area contributed by atoms with E-state index in [1.165, 1.54) is 9.80 Å². The molecule has 2 rings (SSSR count). The molecule has 1 heterocycles. The predicted molar refractivity (Wildman–Crippen MR) is 103 cm³/mol. The maximum Gasteiger partial charge on any atom is 0.251 e. The standard InChI is InChI=1S/C19H21ClN4O3/c1-13(14(2)24(4)12-25)19(26)23(3)11-18-21-17(22-27-18)10-7-15-5-8-16(20)9-6-15/h5-10,12H,11H2,1-4H3/b10-7+,14-13-. The number of likely N-dealkylation sites (N-methyl/N-ethyl adjacent to an activating group) is 1. The zero-order valence-electron chi connectivity index (χ0n) is 15.6. The monoisotopic (exact) mass is 388 g/mol. The molecule has 7 nitrogen and oxygen atoms in total. The molecule has 0 radical (unpaired) electrons. The molecule has 0 bridgehead atoms. The fourth-order valence-corrected chi connectivity index (χ4v) is 2.33. The largest absolute Gasteiger partial charge is 0.337 e. The molecule has 27 heavy (non-hydrogen) atoms. The van der Waals surface area contributed by atoms with Crippen molar-refractivity contribution < 1.29 is 14.1 Å². The first-order chi connectivity index (χ1) is 12.8. The molecule has 2 aromatic rings. The Hall–Kier alpha value is -2.93. The molecule has 142 valence electrons. The first-order valence-electron chi connectivity index (χ1n) is 8.19. The van der Waals surface area contributed by atoms with Gasteiger partial charge in [-0.05, 0) is 37.6 Å². The normalized spacial score (nSPS) is 12.0. The first-order valence-corrected chi connectivity index (χ1v) is 8.57. The van der Waals surface area contributed by atoms with Crippen LogP contribution < -0.4 is 0 Å².